The lowest BCUT2D eigenvalue weighted by Crippen LogP contribution is -2.35. The van der Waals surface area contributed by atoms with Crippen molar-refractivity contribution in [2.24, 2.45) is 5.73 Å². The van der Waals surface area contributed by atoms with E-state index in [2.05, 4.69) is 26.3 Å². The van der Waals surface area contributed by atoms with Crippen LogP contribution in [-0.4, -0.2) is 26.0 Å². The van der Waals surface area contributed by atoms with Gasteiger partial charge in [0.05, 0.1) is 6.54 Å². The molecular weight excluding hydrogens is 252 g/mol. The first-order chi connectivity index (χ1) is 8.43. The molecule has 0 fully saturated rings. The van der Waals surface area contributed by atoms with E-state index in [0.29, 0.717) is 5.56 Å². The summed E-state index contributed by atoms with van der Waals surface area (Å²) in [6.07, 6.45) is 1.48. The van der Waals surface area contributed by atoms with E-state index in [9.17, 15) is 8.42 Å². The number of nitrogens with two attached hydrogens (primary N) is 1. The van der Waals surface area contributed by atoms with Crippen LogP contribution in [0.25, 0.3) is 0 Å². The Morgan fingerprint density at radius 1 is 1.50 bits per heavy atom. The highest BCUT2D eigenvalue weighted by Gasteiger charge is 2.11. The van der Waals surface area contributed by atoms with E-state index < -0.39 is 10.2 Å². The second kappa shape index (κ2) is 6.35. The normalized spacial score (nSPS) is 10.9. The van der Waals surface area contributed by atoms with Crippen LogP contribution in [0.15, 0.2) is 18.3 Å². The molecule has 0 saturated heterocycles. The molecule has 0 amide bonds. The minimum absolute atomic E-state index is 0.192. The second-order valence-corrected chi connectivity index (χ2v) is 5.26. The van der Waals surface area contributed by atoms with Crippen molar-refractivity contribution >= 4 is 16.0 Å². The summed E-state index contributed by atoms with van der Waals surface area (Å²) >= 11 is 0. The van der Waals surface area contributed by atoms with Crippen molar-refractivity contribution in [3.63, 3.8) is 0 Å². The fraction of sp³-hybridized carbons (Fsp3) is 0.364. The maximum atomic E-state index is 11.6. The average molecular weight is 268 g/mol. The van der Waals surface area contributed by atoms with Gasteiger partial charge < -0.3 is 5.73 Å². The highest BCUT2D eigenvalue weighted by molar-refractivity contribution is 7.90. The van der Waals surface area contributed by atoms with Crippen LogP contribution in [0.5, 0.6) is 0 Å². The molecule has 7 heteroatoms. The molecule has 0 aliphatic heterocycles. The Hall–Kier alpha value is -1.62. The third kappa shape index (κ3) is 5.14. The molecular formula is C11H16N4O2S. The molecule has 1 rings (SSSR count). The van der Waals surface area contributed by atoms with Crippen molar-refractivity contribution in [3.8, 4) is 11.8 Å². The lowest BCUT2D eigenvalue weighted by atomic mass is 10.2. The highest BCUT2D eigenvalue weighted by Crippen LogP contribution is 2.07. The SMILES string of the molecule is CC(C)NS(=O)(=O)Nc1cc(C#CCN)ccn1. The van der Waals surface area contributed by atoms with Crippen LogP contribution >= 0.6 is 0 Å². The summed E-state index contributed by atoms with van der Waals surface area (Å²) in [6, 6.07) is 3.03. The van der Waals surface area contributed by atoms with Crippen LogP contribution in [0.3, 0.4) is 0 Å². The number of hydrogen-bond donors (Lipinski definition) is 3. The Labute approximate surface area is 107 Å². The third-order valence-electron chi connectivity index (χ3n) is 1.72. The quantitative estimate of drug-likeness (QED) is 0.672. The van der Waals surface area contributed by atoms with Gasteiger partial charge in [0.1, 0.15) is 5.82 Å². The van der Waals surface area contributed by atoms with Crippen molar-refractivity contribution in [2.45, 2.75) is 19.9 Å². The van der Waals surface area contributed by atoms with Gasteiger partial charge in [-0.15, -0.1) is 0 Å². The molecule has 0 aromatic carbocycles. The van der Waals surface area contributed by atoms with Gasteiger partial charge in [-0.1, -0.05) is 11.8 Å². The van der Waals surface area contributed by atoms with Crippen LogP contribution in [0.2, 0.25) is 0 Å². The number of hydrogen-bond acceptors (Lipinski definition) is 4. The van der Waals surface area contributed by atoms with Gasteiger partial charge in [-0.05, 0) is 26.0 Å². The first kappa shape index (κ1) is 14.4. The van der Waals surface area contributed by atoms with E-state index in [1.165, 1.54) is 6.20 Å². The molecule has 0 atom stereocenters. The van der Waals surface area contributed by atoms with Gasteiger partial charge in [-0.2, -0.15) is 13.1 Å². The number of pyridine rings is 1. The number of aromatic nitrogens is 1. The Morgan fingerprint density at radius 3 is 2.83 bits per heavy atom. The summed E-state index contributed by atoms with van der Waals surface area (Å²) in [5.41, 5.74) is 5.91. The third-order valence-corrected chi connectivity index (χ3v) is 2.98. The fourth-order valence-electron chi connectivity index (χ4n) is 1.19. The molecule has 98 valence electrons. The first-order valence-corrected chi connectivity index (χ1v) is 6.86. The second-order valence-electron chi connectivity index (χ2n) is 3.81. The van der Waals surface area contributed by atoms with Crippen molar-refractivity contribution in [2.75, 3.05) is 11.3 Å². The van der Waals surface area contributed by atoms with Crippen LogP contribution in [0, 0.1) is 11.8 Å². The minimum Gasteiger partial charge on any atom is -0.320 e. The Bertz CT molecular complexity index is 558. The molecule has 6 nitrogen and oxygen atoms in total. The zero-order valence-corrected chi connectivity index (χ0v) is 11.1. The molecule has 0 aliphatic rings. The van der Waals surface area contributed by atoms with Crippen molar-refractivity contribution in [1.82, 2.24) is 9.71 Å². The molecule has 0 radical (unpaired) electrons. The van der Waals surface area contributed by atoms with E-state index in [-0.39, 0.29) is 18.4 Å². The molecule has 18 heavy (non-hydrogen) atoms. The highest BCUT2D eigenvalue weighted by atomic mass is 32.2. The van der Waals surface area contributed by atoms with Crippen LogP contribution < -0.4 is 15.2 Å². The predicted octanol–water partition coefficient (Wildman–Crippen LogP) is 0.0465. The summed E-state index contributed by atoms with van der Waals surface area (Å²) in [6.45, 7) is 3.71. The van der Waals surface area contributed by atoms with Gasteiger partial charge in [0.25, 0.3) is 10.2 Å². The minimum atomic E-state index is -3.61. The molecule has 1 aromatic heterocycles. The van der Waals surface area contributed by atoms with Crippen molar-refractivity contribution in [3.05, 3.63) is 23.9 Å². The molecule has 0 spiro atoms. The molecule has 4 N–H and O–H groups in total. The molecule has 0 bridgehead atoms. The van der Waals surface area contributed by atoms with Crippen LogP contribution in [0.1, 0.15) is 19.4 Å². The van der Waals surface area contributed by atoms with Crippen LogP contribution in [-0.2, 0) is 10.2 Å². The zero-order valence-electron chi connectivity index (χ0n) is 10.3. The van der Waals surface area contributed by atoms with Crippen molar-refractivity contribution < 1.29 is 8.42 Å². The Kier molecular flexibility index (Phi) is 5.09. The average Bonchev–Trinajstić information content (AvgIpc) is 2.24. The molecule has 1 heterocycles. The van der Waals surface area contributed by atoms with Gasteiger partial charge in [-0.25, -0.2) is 4.98 Å². The number of rotatable bonds is 4. The lowest BCUT2D eigenvalue weighted by molar-refractivity contribution is 0.575. The van der Waals surface area contributed by atoms with Crippen LogP contribution in [0.4, 0.5) is 5.82 Å². The van der Waals surface area contributed by atoms with Gasteiger partial charge in [0.2, 0.25) is 0 Å². The van der Waals surface area contributed by atoms with E-state index in [1.807, 2.05) is 0 Å². The van der Waals surface area contributed by atoms with Gasteiger partial charge in [0, 0.05) is 17.8 Å². The maximum Gasteiger partial charge on any atom is 0.300 e. The predicted molar refractivity (Wildman–Crippen MR) is 71.0 cm³/mol. The van der Waals surface area contributed by atoms with E-state index >= 15 is 0 Å². The summed E-state index contributed by atoms with van der Waals surface area (Å²) in [5, 5.41) is 0. The molecule has 1 aromatic rings. The summed E-state index contributed by atoms with van der Waals surface area (Å²) in [4.78, 5) is 3.91. The summed E-state index contributed by atoms with van der Waals surface area (Å²) < 4.78 is 27.9. The van der Waals surface area contributed by atoms with E-state index in [4.69, 9.17) is 5.73 Å². The molecule has 0 unspecified atom stereocenters. The van der Waals surface area contributed by atoms with E-state index in [1.54, 1.807) is 26.0 Å². The molecule has 0 saturated carbocycles. The number of nitrogens with one attached hydrogen (secondary N) is 2. The zero-order chi connectivity index (χ0) is 13.6. The number of anilines is 1. The Balaban J connectivity index is 2.85. The standard InChI is InChI=1S/C11H16N4O2S/c1-9(2)14-18(16,17)15-11-8-10(4-3-6-12)5-7-13-11/h5,7-9,14H,6,12H2,1-2H3,(H,13,15). The Morgan fingerprint density at radius 2 is 2.22 bits per heavy atom. The largest absolute Gasteiger partial charge is 0.320 e. The van der Waals surface area contributed by atoms with Crippen molar-refractivity contribution in [1.29, 1.82) is 0 Å². The number of nitrogens with zero attached hydrogens (tertiary/aromatic N) is 1. The first-order valence-electron chi connectivity index (χ1n) is 5.38. The van der Waals surface area contributed by atoms with Gasteiger partial charge >= 0.3 is 0 Å². The van der Waals surface area contributed by atoms with E-state index in [0.717, 1.165) is 0 Å². The monoisotopic (exact) mass is 268 g/mol. The van der Waals surface area contributed by atoms with Gasteiger partial charge in [-0.3, -0.25) is 4.72 Å². The summed E-state index contributed by atoms with van der Waals surface area (Å²) in [7, 11) is -3.61. The molecule has 0 aliphatic carbocycles. The summed E-state index contributed by atoms with van der Waals surface area (Å²) in [5.74, 6) is 5.70. The topological polar surface area (TPSA) is 97.1 Å². The lowest BCUT2D eigenvalue weighted by Gasteiger charge is -2.10. The smallest absolute Gasteiger partial charge is 0.300 e. The van der Waals surface area contributed by atoms with Gasteiger partial charge in [0.15, 0.2) is 0 Å². The fourth-order valence-corrected chi connectivity index (χ4v) is 2.26. The maximum absolute atomic E-state index is 11.6.